The van der Waals surface area contributed by atoms with Gasteiger partial charge in [-0.3, -0.25) is 0 Å². The van der Waals surface area contributed by atoms with Gasteiger partial charge in [0, 0.05) is 24.7 Å². The highest BCUT2D eigenvalue weighted by atomic mass is 16.3. The van der Waals surface area contributed by atoms with Gasteiger partial charge in [0.2, 0.25) is 0 Å². The maximum Gasteiger partial charge on any atom is 0.161 e. The molecule has 1 aliphatic heterocycles. The number of hydrogen-bond donors (Lipinski definition) is 3. The van der Waals surface area contributed by atoms with Crippen molar-refractivity contribution in [2.75, 3.05) is 20.1 Å². The van der Waals surface area contributed by atoms with E-state index in [0.29, 0.717) is 12.6 Å². The third kappa shape index (κ3) is 3.15. The predicted octanol–water partition coefficient (Wildman–Crippen LogP) is 1.67. The quantitative estimate of drug-likeness (QED) is 0.712. The molecule has 2 rings (SSSR count). The Labute approximate surface area is 108 Å². The van der Waals surface area contributed by atoms with Crippen LogP contribution in [0, 0.1) is 0 Å². The van der Waals surface area contributed by atoms with Gasteiger partial charge in [-0.05, 0) is 32.5 Å². The molecule has 0 amide bonds. The number of benzene rings is 1. The van der Waals surface area contributed by atoms with E-state index in [4.69, 9.17) is 0 Å². The second kappa shape index (κ2) is 6.07. The van der Waals surface area contributed by atoms with Crippen LogP contribution in [0.25, 0.3) is 0 Å². The van der Waals surface area contributed by atoms with Crippen LogP contribution in [-0.4, -0.2) is 41.3 Å². The van der Waals surface area contributed by atoms with Crippen LogP contribution in [-0.2, 0) is 6.54 Å². The van der Waals surface area contributed by atoms with Crippen molar-refractivity contribution in [1.82, 2.24) is 10.2 Å². The van der Waals surface area contributed by atoms with Crippen molar-refractivity contribution in [3.05, 3.63) is 23.8 Å². The summed E-state index contributed by atoms with van der Waals surface area (Å²) in [6.07, 6.45) is 3.82. The van der Waals surface area contributed by atoms with Gasteiger partial charge in [-0.15, -0.1) is 0 Å². The van der Waals surface area contributed by atoms with Crippen molar-refractivity contribution in [3.63, 3.8) is 0 Å². The molecule has 4 heteroatoms. The number of phenolic OH excluding ortho intramolecular Hbond substituents is 2. The first-order valence-electron chi connectivity index (χ1n) is 6.59. The lowest BCUT2D eigenvalue weighted by Gasteiger charge is -2.32. The van der Waals surface area contributed by atoms with Crippen molar-refractivity contribution in [2.24, 2.45) is 0 Å². The van der Waals surface area contributed by atoms with Crippen LogP contribution >= 0.6 is 0 Å². The van der Waals surface area contributed by atoms with E-state index in [1.165, 1.54) is 31.9 Å². The molecule has 1 atom stereocenters. The summed E-state index contributed by atoms with van der Waals surface area (Å²) in [5.74, 6) is -0.0638. The van der Waals surface area contributed by atoms with Gasteiger partial charge in [0.25, 0.3) is 0 Å². The minimum atomic E-state index is -0.0518. The van der Waals surface area contributed by atoms with Crippen molar-refractivity contribution in [3.8, 4) is 11.5 Å². The topological polar surface area (TPSA) is 55.7 Å². The number of nitrogens with one attached hydrogen (secondary N) is 1. The fraction of sp³-hybridized carbons (Fsp3) is 0.571. The maximum absolute atomic E-state index is 9.69. The van der Waals surface area contributed by atoms with Crippen LogP contribution in [0.3, 0.4) is 0 Å². The fourth-order valence-corrected chi connectivity index (χ4v) is 2.50. The Hall–Kier alpha value is -1.26. The molecule has 4 nitrogen and oxygen atoms in total. The molecule has 0 spiro atoms. The Balaban J connectivity index is 1.83. The SMILES string of the molecule is CN1CCCCC1CNCc1cccc(O)c1O. The van der Waals surface area contributed by atoms with Crippen LogP contribution in [0.2, 0.25) is 0 Å². The zero-order valence-corrected chi connectivity index (χ0v) is 10.9. The standard InChI is InChI=1S/C14H22N2O2/c1-16-8-3-2-6-12(16)10-15-9-11-5-4-7-13(17)14(11)18/h4-5,7,12,15,17-18H,2-3,6,8-10H2,1H3. The zero-order valence-electron chi connectivity index (χ0n) is 10.9. The van der Waals surface area contributed by atoms with Gasteiger partial charge in [0.15, 0.2) is 11.5 Å². The summed E-state index contributed by atoms with van der Waals surface area (Å²) in [6.45, 7) is 2.68. The average molecular weight is 250 g/mol. The predicted molar refractivity (Wildman–Crippen MR) is 71.7 cm³/mol. The van der Waals surface area contributed by atoms with Crippen molar-refractivity contribution in [1.29, 1.82) is 0 Å². The van der Waals surface area contributed by atoms with Crippen molar-refractivity contribution < 1.29 is 10.2 Å². The molecular formula is C14H22N2O2. The first-order chi connectivity index (χ1) is 8.68. The zero-order chi connectivity index (χ0) is 13.0. The number of hydrogen-bond acceptors (Lipinski definition) is 4. The van der Waals surface area contributed by atoms with Gasteiger partial charge in [-0.25, -0.2) is 0 Å². The number of likely N-dealkylation sites (N-methyl/N-ethyl adjacent to an activating group) is 1. The molecular weight excluding hydrogens is 228 g/mol. The second-order valence-corrected chi connectivity index (χ2v) is 5.05. The lowest BCUT2D eigenvalue weighted by Crippen LogP contribution is -2.42. The minimum absolute atomic E-state index is 0.0120. The Bertz CT molecular complexity index is 395. The largest absolute Gasteiger partial charge is 0.504 e. The van der Waals surface area contributed by atoms with Gasteiger partial charge < -0.3 is 20.4 Å². The van der Waals surface area contributed by atoms with E-state index in [2.05, 4.69) is 17.3 Å². The molecule has 0 saturated carbocycles. The summed E-state index contributed by atoms with van der Waals surface area (Å²) in [6, 6.07) is 5.65. The van der Waals surface area contributed by atoms with E-state index in [1.807, 2.05) is 6.07 Å². The molecule has 100 valence electrons. The van der Waals surface area contributed by atoms with Gasteiger partial charge >= 0.3 is 0 Å². The highest BCUT2D eigenvalue weighted by Gasteiger charge is 2.18. The summed E-state index contributed by atoms with van der Waals surface area (Å²) < 4.78 is 0. The summed E-state index contributed by atoms with van der Waals surface area (Å²) in [5, 5.41) is 22.4. The van der Waals surface area contributed by atoms with E-state index in [1.54, 1.807) is 6.07 Å². The lowest BCUT2D eigenvalue weighted by molar-refractivity contribution is 0.181. The minimum Gasteiger partial charge on any atom is -0.504 e. The maximum atomic E-state index is 9.69. The van der Waals surface area contributed by atoms with E-state index >= 15 is 0 Å². The number of phenols is 2. The highest BCUT2D eigenvalue weighted by molar-refractivity contribution is 5.44. The molecule has 3 N–H and O–H groups in total. The number of para-hydroxylation sites is 1. The van der Waals surface area contributed by atoms with E-state index in [0.717, 1.165) is 12.1 Å². The van der Waals surface area contributed by atoms with Gasteiger partial charge in [-0.2, -0.15) is 0 Å². The number of likely N-dealkylation sites (tertiary alicyclic amines) is 1. The lowest BCUT2D eigenvalue weighted by atomic mass is 10.0. The van der Waals surface area contributed by atoms with Gasteiger partial charge in [0.1, 0.15) is 0 Å². The molecule has 1 fully saturated rings. The highest BCUT2D eigenvalue weighted by Crippen LogP contribution is 2.27. The third-order valence-electron chi connectivity index (χ3n) is 3.72. The Morgan fingerprint density at radius 1 is 1.33 bits per heavy atom. The summed E-state index contributed by atoms with van der Waals surface area (Å²) in [7, 11) is 2.16. The number of piperidine rings is 1. The number of aromatic hydroxyl groups is 2. The molecule has 1 aliphatic rings. The molecule has 1 heterocycles. The smallest absolute Gasteiger partial charge is 0.161 e. The Morgan fingerprint density at radius 3 is 2.94 bits per heavy atom. The van der Waals surface area contributed by atoms with E-state index in [-0.39, 0.29) is 11.5 Å². The molecule has 18 heavy (non-hydrogen) atoms. The number of rotatable bonds is 4. The molecule has 0 bridgehead atoms. The average Bonchev–Trinajstić information content (AvgIpc) is 2.37. The normalized spacial score (nSPS) is 21.1. The van der Waals surface area contributed by atoms with Crippen LogP contribution in [0.5, 0.6) is 11.5 Å². The van der Waals surface area contributed by atoms with Crippen LogP contribution in [0.4, 0.5) is 0 Å². The third-order valence-corrected chi connectivity index (χ3v) is 3.72. The summed E-state index contributed by atoms with van der Waals surface area (Å²) >= 11 is 0. The summed E-state index contributed by atoms with van der Waals surface area (Å²) in [5.41, 5.74) is 0.744. The molecule has 1 unspecified atom stereocenters. The molecule has 1 saturated heterocycles. The van der Waals surface area contributed by atoms with Gasteiger partial charge in [-0.1, -0.05) is 18.6 Å². The summed E-state index contributed by atoms with van der Waals surface area (Å²) in [4.78, 5) is 2.39. The molecule has 0 aliphatic carbocycles. The van der Waals surface area contributed by atoms with Gasteiger partial charge in [0.05, 0.1) is 0 Å². The van der Waals surface area contributed by atoms with E-state index in [9.17, 15) is 10.2 Å². The molecule has 0 radical (unpaired) electrons. The molecule has 0 aromatic heterocycles. The number of nitrogens with zero attached hydrogens (tertiary/aromatic N) is 1. The molecule has 1 aromatic carbocycles. The van der Waals surface area contributed by atoms with Crippen LogP contribution in [0.1, 0.15) is 24.8 Å². The first kappa shape index (κ1) is 13.2. The second-order valence-electron chi connectivity index (χ2n) is 5.05. The van der Waals surface area contributed by atoms with E-state index < -0.39 is 0 Å². The molecule has 1 aromatic rings. The Kier molecular flexibility index (Phi) is 4.44. The monoisotopic (exact) mass is 250 g/mol. The van der Waals surface area contributed by atoms with Crippen molar-refractivity contribution >= 4 is 0 Å². The van der Waals surface area contributed by atoms with Crippen LogP contribution < -0.4 is 5.32 Å². The van der Waals surface area contributed by atoms with Crippen molar-refractivity contribution in [2.45, 2.75) is 31.8 Å². The Morgan fingerprint density at radius 2 is 2.17 bits per heavy atom. The fourth-order valence-electron chi connectivity index (χ4n) is 2.50. The first-order valence-corrected chi connectivity index (χ1v) is 6.59. The van der Waals surface area contributed by atoms with Crippen LogP contribution in [0.15, 0.2) is 18.2 Å².